The van der Waals surface area contributed by atoms with Crippen molar-refractivity contribution >= 4 is 48.5 Å². The maximum absolute atomic E-state index is 12.0. The summed E-state index contributed by atoms with van der Waals surface area (Å²) in [6.07, 6.45) is 1.06. The van der Waals surface area contributed by atoms with Gasteiger partial charge in [0.1, 0.15) is 5.75 Å². The maximum atomic E-state index is 12.0. The van der Waals surface area contributed by atoms with E-state index in [0.29, 0.717) is 24.6 Å². The Morgan fingerprint density at radius 1 is 1.29 bits per heavy atom. The average Bonchev–Trinajstić information content (AvgIpc) is 2.93. The van der Waals surface area contributed by atoms with E-state index in [-0.39, 0.29) is 5.91 Å². The Balaban J connectivity index is 1.46. The molecule has 24 heavy (non-hydrogen) atoms. The second-order valence-electron chi connectivity index (χ2n) is 5.45. The van der Waals surface area contributed by atoms with Crippen molar-refractivity contribution in [2.45, 2.75) is 19.8 Å². The van der Waals surface area contributed by atoms with Crippen LogP contribution in [0, 0.1) is 6.92 Å². The monoisotopic (exact) mass is 404 g/mol. The third kappa shape index (κ3) is 4.55. The lowest BCUT2D eigenvalue weighted by Crippen LogP contribution is -2.12. The van der Waals surface area contributed by atoms with Gasteiger partial charge in [0.05, 0.1) is 16.8 Å². The predicted molar refractivity (Wildman–Crippen MR) is 102 cm³/mol. The number of hydrogen-bond donors (Lipinski definition) is 1. The molecule has 0 saturated heterocycles. The highest BCUT2D eigenvalue weighted by Gasteiger charge is 2.08. The second kappa shape index (κ2) is 7.77. The molecule has 124 valence electrons. The zero-order valence-corrected chi connectivity index (χ0v) is 15.6. The molecule has 6 heteroatoms. The van der Waals surface area contributed by atoms with Crippen LogP contribution >= 0.6 is 27.3 Å². The molecule has 0 spiro atoms. The van der Waals surface area contributed by atoms with Gasteiger partial charge in [-0.3, -0.25) is 4.79 Å². The summed E-state index contributed by atoms with van der Waals surface area (Å²) in [5, 5.41) is 3.51. The minimum Gasteiger partial charge on any atom is -0.494 e. The molecule has 0 aliphatic rings. The number of anilines is 1. The standard InChI is InChI=1S/C18H17BrN2O2S/c1-12-7-8-15-16(10-12)24-18(20-15)21-17(22)6-3-9-23-14-5-2-4-13(19)11-14/h2,4-5,7-8,10-11H,3,6,9H2,1H3,(H,20,21,22). The normalized spacial score (nSPS) is 10.8. The van der Waals surface area contributed by atoms with Crippen molar-refractivity contribution in [3.05, 3.63) is 52.5 Å². The van der Waals surface area contributed by atoms with Gasteiger partial charge in [-0.15, -0.1) is 0 Å². The highest BCUT2D eigenvalue weighted by atomic mass is 79.9. The molecule has 4 nitrogen and oxygen atoms in total. The van der Waals surface area contributed by atoms with Crippen LogP contribution in [0.3, 0.4) is 0 Å². The second-order valence-corrected chi connectivity index (χ2v) is 7.39. The zero-order valence-electron chi connectivity index (χ0n) is 13.2. The number of hydrogen-bond acceptors (Lipinski definition) is 4. The minimum atomic E-state index is -0.0383. The predicted octanol–water partition coefficient (Wildman–Crippen LogP) is 5.16. The van der Waals surface area contributed by atoms with E-state index in [0.717, 1.165) is 20.4 Å². The minimum absolute atomic E-state index is 0.0383. The van der Waals surface area contributed by atoms with Gasteiger partial charge in [-0.1, -0.05) is 39.4 Å². The number of nitrogens with zero attached hydrogens (tertiary/aromatic N) is 1. The van der Waals surface area contributed by atoms with Crippen LogP contribution in [0.2, 0.25) is 0 Å². The smallest absolute Gasteiger partial charge is 0.226 e. The highest BCUT2D eigenvalue weighted by Crippen LogP contribution is 2.26. The number of nitrogens with one attached hydrogen (secondary N) is 1. The molecule has 0 radical (unpaired) electrons. The molecule has 2 aromatic carbocycles. The summed E-state index contributed by atoms with van der Waals surface area (Å²) in [6.45, 7) is 2.55. The molecule has 1 N–H and O–H groups in total. The largest absolute Gasteiger partial charge is 0.494 e. The number of carbonyl (C=O) groups is 1. The van der Waals surface area contributed by atoms with Crippen molar-refractivity contribution in [2.24, 2.45) is 0 Å². The SMILES string of the molecule is Cc1ccc2nc(NC(=O)CCCOc3cccc(Br)c3)sc2c1. The Bertz CT molecular complexity index is 863. The lowest BCUT2D eigenvalue weighted by molar-refractivity contribution is -0.116. The Morgan fingerprint density at radius 3 is 3.00 bits per heavy atom. The van der Waals surface area contributed by atoms with Gasteiger partial charge in [0.15, 0.2) is 5.13 Å². The number of halogens is 1. The fourth-order valence-corrected chi connectivity index (χ4v) is 3.61. The van der Waals surface area contributed by atoms with Gasteiger partial charge in [0, 0.05) is 10.9 Å². The van der Waals surface area contributed by atoms with Gasteiger partial charge in [-0.25, -0.2) is 4.98 Å². The van der Waals surface area contributed by atoms with E-state index in [1.54, 1.807) is 0 Å². The third-order valence-electron chi connectivity index (χ3n) is 3.40. The molecule has 0 unspecified atom stereocenters. The maximum Gasteiger partial charge on any atom is 0.226 e. The van der Waals surface area contributed by atoms with Gasteiger partial charge < -0.3 is 10.1 Å². The zero-order chi connectivity index (χ0) is 16.9. The molecular weight excluding hydrogens is 388 g/mol. The van der Waals surface area contributed by atoms with Crippen molar-refractivity contribution in [3.63, 3.8) is 0 Å². The first-order valence-electron chi connectivity index (χ1n) is 7.65. The highest BCUT2D eigenvalue weighted by molar-refractivity contribution is 9.10. The molecule has 0 fully saturated rings. The van der Waals surface area contributed by atoms with E-state index in [2.05, 4.69) is 32.3 Å². The van der Waals surface area contributed by atoms with Crippen LogP contribution in [-0.2, 0) is 4.79 Å². The summed E-state index contributed by atoms with van der Waals surface area (Å²) in [5.74, 6) is 0.759. The molecule has 0 saturated carbocycles. The van der Waals surface area contributed by atoms with Gasteiger partial charge in [0.25, 0.3) is 0 Å². The quantitative estimate of drug-likeness (QED) is 0.576. The van der Waals surface area contributed by atoms with E-state index in [1.165, 1.54) is 16.9 Å². The number of rotatable bonds is 6. The number of aryl methyl sites for hydroxylation is 1. The number of carbonyl (C=O) groups excluding carboxylic acids is 1. The van der Waals surface area contributed by atoms with Crippen LogP contribution in [0.15, 0.2) is 46.9 Å². The number of thiazole rings is 1. The lowest BCUT2D eigenvalue weighted by atomic mass is 10.2. The van der Waals surface area contributed by atoms with E-state index in [1.807, 2.05) is 43.3 Å². The van der Waals surface area contributed by atoms with Crippen LogP contribution < -0.4 is 10.1 Å². The van der Waals surface area contributed by atoms with Gasteiger partial charge >= 0.3 is 0 Å². The summed E-state index contributed by atoms with van der Waals surface area (Å²) < 4.78 is 7.69. The Morgan fingerprint density at radius 2 is 2.17 bits per heavy atom. The van der Waals surface area contributed by atoms with Crippen molar-refractivity contribution < 1.29 is 9.53 Å². The first-order chi connectivity index (χ1) is 11.6. The molecule has 3 rings (SSSR count). The third-order valence-corrected chi connectivity index (χ3v) is 4.83. The number of amides is 1. The van der Waals surface area contributed by atoms with Gasteiger partial charge in [-0.05, 0) is 49.2 Å². The molecule has 1 heterocycles. The first-order valence-corrected chi connectivity index (χ1v) is 9.26. The Hall–Kier alpha value is -1.92. The van der Waals surface area contributed by atoms with E-state index in [9.17, 15) is 4.79 Å². The molecular formula is C18H17BrN2O2S. The molecule has 0 bridgehead atoms. The molecule has 1 aromatic heterocycles. The van der Waals surface area contributed by atoms with Crippen molar-refractivity contribution in [1.82, 2.24) is 4.98 Å². The van der Waals surface area contributed by atoms with Crippen molar-refractivity contribution in [1.29, 1.82) is 0 Å². The molecule has 0 atom stereocenters. The number of fused-ring (bicyclic) bond motifs is 1. The summed E-state index contributed by atoms with van der Waals surface area (Å²) in [6, 6.07) is 13.7. The first kappa shape index (κ1) is 16.9. The summed E-state index contributed by atoms with van der Waals surface area (Å²) in [5.41, 5.74) is 2.10. The van der Waals surface area contributed by atoms with Crippen molar-refractivity contribution in [3.8, 4) is 5.75 Å². The Labute approximate surface area is 153 Å². The number of aromatic nitrogens is 1. The van der Waals surface area contributed by atoms with Crippen LogP contribution in [0.1, 0.15) is 18.4 Å². The average molecular weight is 405 g/mol. The summed E-state index contributed by atoms with van der Waals surface area (Å²) in [4.78, 5) is 16.4. The van der Waals surface area contributed by atoms with Gasteiger partial charge in [0.2, 0.25) is 5.91 Å². The Kier molecular flexibility index (Phi) is 5.48. The van der Waals surface area contributed by atoms with Crippen LogP contribution in [-0.4, -0.2) is 17.5 Å². The van der Waals surface area contributed by atoms with E-state index < -0.39 is 0 Å². The number of benzene rings is 2. The van der Waals surface area contributed by atoms with Gasteiger partial charge in [-0.2, -0.15) is 0 Å². The topological polar surface area (TPSA) is 51.2 Å². The van der Waals surface area contributed by atoms with E-state index >= 15 is 0 Å². The molecule has 1 amide bonds. The van der Waals surface area contributed by atoms with E-state index in [4.69, 9.17) is 4.74 Å². The van der Waals surface area contributed by atoms with Crippen LogP contribution in [0.4, 0.5) is 5.13 Å². The fraction of sp³-hybridized carbons (Fsp3) is 0.222. The number of ether oxygens (including phenoxy) is 1. The molecule has 0 aliphatic carbocycles. The fourth-order valence-electron chi connectivity index (χ4n) is 2.25. The van der Waals surface area contributed by atoms with Crippen LogP contribution in [0.25, 0.3) is 10.2 Å². The summed E-state index contributed by atoms with van der Waals surface area (Å²) in [7, 11) is 0. The van der Waals surface area contributed by atoms with Crippen LogP contribution in [0.5, 0.6) is 5.75 Å². The van der Waals surface area contributed by atoms with Crippen molar-refractivity contribution in [2.75, 3.05) is 11.9 Å². The lowest BCUT2D eigenvalue weighted by Gasteiger charge is -2.06. The molecule has 0 aliphatic heterocycles. The summed E-state index contributed by atoms with van der Waals surface area (Å²) >= 11 is 4.90. The molecule has 3 aromatic rings.